The van der Waals surface area contributed by atoms with Gasteiger partial charge in [0.05, 0.1) is 11.3 Å². The standard InChI is InChI=1S/C15H23N3O/c1-17-15(19)13-8-7-12(16)9-14(13)18(2)10-11-5-3-4-6-11/h7-9,11H,3-6,10,16H2,1-2H3,(H,17,19). The molecule has 4 nitrogen and oxygen atoms in total. The summed E-state index contributed by atoms with van der Waals surface area (Å²) >= 11 is 0. The van der Waals surface area contributed by atoms with Crippen molar-refractivity contribution in [2.24, 2.45) is 5.92 Å². The summed E-state index contributed by atoms with van der Waals surface area (Å²) in [5.41, 5.74) is 8.17. The molecule has 4 heteroatoms. The normalized spacial score (nSPS) is 15.5. The zero-order valence-corrected chi connectivity index (χ0v) is 11.8. The first-order chi connectivity index (χ1) is 9.11. The summed E-state index contributed by atoms with van der Waals surface area (Å²) in [7, 11) is 3.69. The van der Waals surface area contributed by atoms with Gasteiger partial charge in [-0.2, -0.15) is 0 Å². The molecule has 0 spiro atoms. The predicted molar refractivity (Wildman–Crippen MR) is 79.5 cm³/mol. The molecule has 1 aliphatic rings. The van der Waals surface area contributed by atoms with Crippen LogP contribution in [-0.4, -0.2) is 26.5 Å². The van der Waals surface area contributed by atoms with Crippen LogP contribution in [0.2, 0.25) is 0 Å². The Balaban J connectivity index is 2.20. The molecule has 0 aliphatic heterocycles. The largest absolute Gasteiger partial charge is 0.399 e. The maximum Gasteiger partial charge on any atom is 0.253 e. The molecule has 19 heavy (non-hydrogen) atoms. The number of rotatable bonds is 4. The molecule has 1 saturated carbocycles. The van der Waals surface area contributed by atoms with Gasteiger partial charge < -0.3 is 16.0 Å². The zero-order valence-electron chi connectivity index (χ0n) is 11.8. The van der Waals surface area contributed by atoms with Crippen LogP contribution in [0.4, 0.5) is 11.4 Å². The molecule has 1 amide bonds. The fourth-order valence-corrected chi connectivity index (χ4v) is 2.87. The maximum atomic E-state index is 11.9. The second kappa shape index (κ2) is 5.95. The second-order valence-electron chi connectivity index (χ2n) is 5.39. The highest BCUT2D eigenvalue weighted by Gasteiger charge is 2.20. The van der Waals surface area contributed by atoms with Gasteiger partial charge >= 0.3 is 0 Å². The van der Waals surface area contributed by atoms with Gasteiger partial charge in [0.2, 0.25) is 0 Å². The van der Waals surface area contributed by atoms with E-state index in [9.17, 15) is 4.79 Å². The summed E-state index contributed by atoms with van der Waals surface area (Å²) in [6, 6.07) is 5.46. The van der Waals surface area contributed by atoms with Crippen LogP contribution in [0.25, 0.3) is 0 Å². The van der Waals surface area contributed by atoms with Crippen LogP contribution in [0.5, 0.6) is 0 Å². The summed E-state index contributed by atoms with van der Waals surface area (Å²) in [5, 5.41) is 2.68. The van der Waals surface area contributed by atoms with Crippen molar-refractivity contribution >= 4 is 17.3 Å². The lowest BCUT2D eigenvalue weighted by Crippen LogP contribution is -2.28. The molecule has 0 heterocycles. The van der Waals surface area contributed by atoms with Crippen molar-refractivity contribution in [3.05, 3.63) is 23.8 Å². The lowest BCUT2D eigenvalue weighted by molar-refractivity contribution is 0.0963. The number of hydrogen-bond donors (Lipinski definition) is 2. The maximum absolute atomic E-state index is 11.9. The summed E-state index contributed by atoms with van der Waals surface area (Å²) in [5.74, 6) is 0.678. The van der Waals surface area contributed by atoms with E-state index in [1.165, 1.54) is 25.7 Å². The lowest BCUT2D eigenvalue weighted by atomic mass is 10.1. The highest BCUT2D eigenvalue weighted by molar-refractivity contribution is 6.00. The van der Waals surface area contributed by atoms with E-state index in [1.807, 2.05) is 13.1 Å². The number of nitrogens with one attached hydrogen (secondary N) is 1. The van der Waals surface area contributed by atoms with E-state index in [4.69, 9.17) is 5.73 Å². The molecule has 104 valence electrons. The van der Waals surface area contributed by atoms with E-state index >= 15 is 0 Å². The van der Waals surface area contributed by atoms with Crippen LogP contribution < -0.4 is 16.0 Å². The quantitative estimate of drug-likeness (QED) is 0.817. The number of carbonyl (C=O) groups is 1. The number of amides is 1. The second-order valence-corrected chi connectivity index (χ2v) is 5.39. The van der Waals surface area contributed by atoms with Gasteiger partial charge in [0.15, 0.2) is 0 Å². The molecule has 1 fully saturated rings. The third-order valence-corrected chi connectivity index (χ3v) is 3.91. The van der Waals surface area contributed by atoms with Crippen molar-refractivity contribution in [3.8, 4) is 0 Å². The first-order valence-corrected chi connectivity index (χ1v) is 6.94. The molecule has 2 rings (SSSR count). The van der Waals surface area contributed by atoms with Crippen LogP contribution in [0.3, 0.4) is 0 Å². The Kier molecular flexibility index (Phi) is 4.30. The van der Waals surface area contributed by atoms with E-state index in [1.54, 1.807) is 19.2 Å². The van der Waals surface area contributed by atoms with Crippen LogP contribution in [0.15, 0.2) is 18.2 Å². The first-order valence-electron chi connectivity index (χ1n) is 6.94. The fraction of sp³-hybridized carbons (Fsp3) is 0.533. The van der Waals surface area contributed by atoms with Gasteiger partial charge in [0.25, 0.3) is 5.91 Å². The van der Waals surface area contributed by atoms with Crippen molar-refractivity contribution in [1.29, 1.82) is 0 Å². The molecule has 3 N–H and O–H groups in total. The van der Waals surface area contributed by atoms with Gasteiger partial charge in [-0.15, -0.1) is 0 Å². The van der Waals surface area contributed by atoms with Crippen molar-refractivity contribution in [2.75, 3.05) is 31.3 Å². The number of nitrogen functional groups attached to an aromatic ring is 1. The summed E-state index contributed by atoms with van der Waals surface area (Å²) < 4.78 is 0. The van der Waals surface area contributed by atoms with Crippen LogP contribution >= 0.6 is 0 Å². The Bertz CT molecular complexity index is 453. The molecule has 1 aromatic rings. The minimum atomic E-state index is -0.0618. The van der Waals surface area contributed by atoms with Crippen molar-refractivity contribution in [1.82, 2.24) is 5.32 Å². The van der Waals surface area contributed by atoms with Gasteiger partial charge in [-0.25, -0.2) is 0 Å². The number of carbonyl (C=O) groups excluding carboxylic acids is 1. The summed E-state index contributed by atoms with van der Waals surface area (Å²) in [6.07, 6.45) is 5.25. The van der Waals surface area contributed by atoms with Gasteiger partial charge in [-0.1, -0.05) is 12.8 Å². The average molecular weight is 261 g/mol. The van der Waals surface area contributed by atoms with E-state index in [0.29, 0.717) is 11.3 Å². The Morgan fingerprint density at radius 3 is 2.74 bits per heavy atom. The zero-order chi connectivity index (χ0) is 13.8. The van der Waals surface area contributed by atoms with Gasteiger partial charge in [-0.05, 0) is 37.0 Å². The molecule has 1 aliphatic carbocycles. The van der Waals surface area contributed by atoms with Crippen LogP contribution in [0.1, 0.15) is 36.0 Å². The smallest absolute Gasteiger partial charge is 0.253 e. The first kappa shape index (κ1) is 13.7. The number of nitrogens with zero attached hydrogens (tertiary/aromatic N) is 1. The fourth-order valence-electron chi connectivity index (χ4n) is 2.87. The van der Waals surface area contributed by atoms with E-state index < -0.39 is 0 Å². The van der Waals surface area contributed by atoms with Gasteiger partial charge in [0, 0.05) is 26.3 Å². The Morgan fingerprint density at radius 1 is 1.42 bits per heavy atom. The summed E-state index contributed by atoms with van der Waals surface area (Å²) in [4.78, 5) is 14.1. The van der Waals surface area contributed by atoms with E-state index in [-0.39, 0.29) is 5.91 Å². The molecule has 0 atom stereocenters. The Morgan fingerprint density at radius 2 is 2.11 bits per heavy atom. The molecule has 0 bridgehead atoms. The molecular weight excluding hydrogens is 238 g/mol. The monoisotopic (exact) mass is 261 g/mol. The minimum absolute atomic E-state index is 0.0618. The molecular formula is C15H23N3O. The third kappa shape index (κ3) is 3.19. The average Bonchev–Trinajstić information content (AvgIpc) is 2.90. The molecule has 0 aromatic heterocycles. The van der Waals surface area contributed by atoms with Crippen LogP contribution in [0, 0.1) is 5.92 Å². The molecule has 0 saturated heterocycles. The minimum Gasteiger partial charge on any atom is -0.399 e. The molecule has 1 aromatic carbocycles. The van der Waals surface area contributed by atoms with E-state index in [2.05, 4.69) is 10.2 Å². The summed E-state index contributed by atoms with van der Waals surface area (Å²) in [6.45, 7) is 0.993. The molecule has 0 unspecified atom stereocenters. The predicted octanol–water partition coefficient (Wildman–Crippen LogP) is 2.25. The lowest BCUT2D eigenvalue weighted by Gasteiger charge is -2.25. The Labute approximate surface area is 115 Å². The number of benzene rings is 1. The Hall–Kier alpha value is -1.71. The number of hydrogen-bond acceptors (Lipinski definition) is 3. The highest BCUT2D eigenvalue weighted by atomic mass is 16.1. The van der Waals surface area contributed by atoms with Crippen molar-refractivity contribution < 1.29 is 4.79 Å². The van der Waals surface area contributed by atoms with Crippen molar-refractivity contribution in [3.63, 3.8) is 0 Å². The number of anilines is 2. The third-order valence-electron chi connectivity index (χ3n) is 3.91. The number of nitrogens with two attached hydrogens (primary N) is 1. The topological polar surface area (TPSA) is 58.4 Å². The van der Waals surface area contributed by atoms with Gasteiger partial charge in [-0.3, -0.25) is 4.79 Å². The van der Waals surface area contributed by atoms with Crippen LogP contribution in [-0.2, 0) is 0 Å². The molecule has 0 radical (unpaired) electrons. The van der Waals surface area contributed by atoms with E-state index in [0.717, 1.165) is 18.2 Å². The van der Waals surface area contributed by atoms with Gasteiger partial charge in [0.1, 0.15) is 0 Å². The van der Waals surface area contributed by atoms with Crippen molar-refractivity contribution in [2.45, 2.75) is 25.7 Å². The highest BCUT2D eigenvalue weighted by Crippen LogP contribution is 2.29. The SMILES string of the molecule is CNC(=O)c1ccc(N)cc1N(C)CC1CCCC1.